The highest BCUT2D eigenvalue weighted by Crippen LogP contribution is 2.22. The Bertz CT molecular complexity index is 419. The molecule has 1 atom stereocenters. The van der Waals surface area contributed by atoms with E-state index in [4.69, 9.17) is 15.2 Å². The zero-order valence-corrected chi connectivity index (χ0v) is 12.6. The molecule has 0 aliphatic rings. The van der Waals surface area contributed by atoms with E-state index in [9.17, 15) is 8.78 Å². The lowest BCUT2D eigenvalue weighted by Gasteiger charge is -2.31. The summed E-state index contributed by atoms with van der Waals surface area (Å²) >= 11 is 0. The fourth-order valence-corrected chi connectivity index (χ4v) is 2.26. The van der Waals surface area contributed by atoms with Gasteiger partial charge in [0.15, 0.2) is 11.6 Å². The Hall–Kier alpha value is -1.08. The van der Waals surface area contributed by atoms with Gasteiger partial charge in [0.1, 0.15) is 0 Å². The third-order valence-electron chi connectivity index (χ3n) is 3.37. The molecule has 1 aromatic carbocycles. The molecule has 2 N–H and O–H groups in total. The summed E-state index contributed by atoms with van der Waals surface area (Å²) in [7, 11) is 3.28. The third kappa shape index (κ3) is 5.67. The minimum Gasteiger partial charge on any atom is -0.385 e. The highest BCUT2D eigenvalue weighted by molar-refractivity contribution is 5.21. The number of halogens is 2. The summed E-state index contributed by atoms with van der Waals surface area (Å²) in [5.74, 6) is -1.70. The molecule has 1 rings (SSSR count). The lowest BCUT2D eigenvalue weighted by Crippen LogP contribution is -2.37. The van der Waals surface area contributed by atoms with Crippen LogP contribution in [0.25, 0.3) is 0 Å². The number of hydrogen-bond donors (Lipinski definition) is 1. The van der Waals surface area contributed by atoms with Gasteiger partial charge in [-0.05, 0) is 24.1 Å². The molecule has 21 heavy (non-hydrogen) atoms. The molecule has 4 nitrogen and oxygen atoms in total. The average Bonchev–Trinajstić information content (AvgIpc) is 2.48. The Morgan fingerprint density at radius 3 is 2.38 bits per heavy atom. The maximum absolute atomic E-state index is 13.4. The van der Waals surface area contributed by atoms with Crippen LogP contribution in [0.15, 0.2) is 18.2 Å². The van der Waals surface area contributed by atoms with E-state index in [1.54, 1.807) is 20.3 Å². The van der Waals surface area contributed by atoms with Crippen LogP contribution in [0.3, 0.4) is 0 Å². The number of rotatable bonds is 10. The zero-order valence-electron chi connectivity index (χ0n) is 12.6. The summed E-state index contributed by atoms with van der Waals surface area (Å²) in [4.78, 5) is 2.11. The van der Waals surface area contributed by atoms with Crippen LogP contribution >= 0.6 is 0 Å². The molecule has 1 aromatic rings. The fraction of sp³-hybridized carbons (Fsp3) is 0.600. The molecule has 0 fully saturated rings. The lowest BCUT2D eigenvalue weighted by molar-refractivity contribution is 0.108. The number of nitrogens with two attached hydrogens (primary N) is 1. The summed E-state index contributed by atoms with van der Waals surface area (Å²) in [6, 6.07) is 3.75. The molecular formula is C15H24F2N2O2. The van der Waals surface area contributed by atoms with Gasteiger partial charge in [0.2, 0.25) is 0 Å². The van der Waals surface area contributed by atoms with Crippen LogP contribution in [-0.2, 0) is 9.47 Å². The van der Waals surface area contributed by atoms with Crippen LogP contribution in [-0.4, -0.2) is 52.0 Å². The van der Waals surface area contributed by atoms with E-state index in [1.165, 1.54) is 6.07 Å². The average molecular weight is 302 g/mol. The van der Waals surface area contributed by atoms with Gasteiger partial charge in [0, 0.05) is 46.5 Å². The molecule has 0 aromatic heterocycles. The van der Waals surface area contributed by atoms with E-state index in [0.717, 1.165) is 19.0 Å². The first-order valence-electron chi connectivity index (χ1n) is 7.01. The van der Waals surface area contributed by atoms with Crippen molar-refractivity contribution in [1.29, 1.82) is 0 Å². The number of hydrogen-bond acceptors (Lipinski definition) is 4. The molecular weight excluding hydrogens is 278 g/mol. The number of nitrogens with zero attached hydrogens (tertiary/aromatic N) is 1. The molecule has 0 amide bonds. The van der Waals surface area contributed by atoms with Gasteiger partial charge in [0.25, 0.3) is 0 Å². The Morgan fingerprint density at radius 1 is 1.10 bits per heavy atom. The van der Waals surface area contributed by atoms with Gasteiger partial charge >= 0.3 is 0 Å². The topological polar surface area (TPSA) is 47.7 Å². The first-order chi connectivity index (χ1) is 10.1. The Morgan fingerprint density at radius 2 is 1.81 bits per heavy atom. The molecule has 0 saturated heterocycles. The monoisotopic (exact) mass is 302 g/mol. The standard InChI is InChI=1S/C15H24F2N2O2/c1-20-8-3-6-19(7-9-21-2)15(11-18)12-4-5-13(16)14(17)10-12/h4-5,10,15H,3,6-9,11,18H2,1-2H3. The van der Waals surface area contributed by atoms with Gasteiger partial charge < -0.3 is 15.2 Å². The van der Waals surface area contributed by atoms with Crippen molar-refractivity contribution < 1.29 is 18.3 Å². The van der Waals surface area contributed by atoms with E-state index in [1.807, 2.05) is 0 Å². The van der Waals surface area contributed by atoms with Gasteiger partial charge in [-0.2, -0.15) is 0 Å². The summed E-state index contributed by atoms with van der Waals surface area (Å²) in [5.41, 5.74) is 6.51. The summed E-state index contributed by atoms with van der Waals surface area (Å²) in [6.07, 6.45) is 0.834. The van der Waals surface area contributed by atoms with Crippen LogP contribution in [0, 0.1) is 11.6 Å². The van der Waals surface area contributed by atoms with Crippen molar-refractivity contribution in [2.24, 2.45) is 5.73 Å². The molecule has 0 saturated carbocycles. The Balaban J connectivity index is 2.84. The first kappa shape index (κ1) is 18.0. The van der Waals surface area contributed by atoms with Gasteiger partial charge in [-0.1, -0.05) is 6.07 Å². The van der Waals surface area contributed by atoms with Crippen LogP contribution in [0.1, 0.15) is 18.0 Å². The zero-order chi connectivity index (χ0) is 15.7. The van der Waals surface area contributed by atoms with Crippen molar-refractivity contribution in [3.63, 3.8) is 0 Å². The molecule has 0 spiro atoms. The van der Waals surface area contributed by atoms with Gasteiger partial charge in [-0.15, -0.1) is 0 Å². The smallest absolute Gasteiger partial charge is 0.159 e. The second kappa shape index (κ2) is 9.78. The highest BCUT2D eigenvalue weighted by atomic mass is 19.2. The molecule has 0 aliphatic heterocycles. The van der Waals surface area contributed by atoms with E-state index in [2.05, 4.69) is 4.90 Å². The fourth-order valence-electron chi connectivity index (χ4n) is 2.26. The summed E-state index contributed by atoms with van der Waals surface area (Å²) < 4.78 is 36.6. The number of ether oxygens (including phenoxy) is 2. The van der Waals surface area contributed by atoms with Gasteiger partial charge in [-0.3, -0.25) is 4.90 Å². The van der Waals surface area contributed by atoms with Crippen LogP contribution in [0.5, 0.6) is 0 Å². The second-order valence-corrected chi connectivity index (χ2v) is 4.80. The normalized spacial score (nSPS) is 12.9. The Kier molecular flexibility index (Phi) is 8.37. The van der Waals surface area contributed by atoms with E-state index in [-0.39, 0.29) is 6.04 Å². The van der Waals surface area contributed by atoms with Crippen molar-refractivity contribution in [2.75, 3.05) is 47.1 Å². The first-order valence-corrected chi connectivity index (χ1v) is 7.01. The summed E-state index contributed by atoms with van der Waals surface area (Å²) in [5, 5.41) is 0. The Labute approximate surface area is 124 Å². The number of benzene rings is 1. The predicted octanol–water partition coefficient (Wildman–Crippen LogP) is 1.95. The molecule has 0 aliphatic carbocycles. The minimum absolute atomic E-state index is 0.174. The summed E-state index contributed by atoms with van der Waals surface area (Å²) in [6.45, 7) is 2.92. The SMILES string of the molecule is COCCCN(CCOC)C(CN)c1ccc(F)c(F)c1. The van der Waals surface area contributed by atoms with Crippen LogP contribution in [0.4, 0.5) is 8.78 Å². The van der Waals surface area contributed by atoms with Crippen molar-refractivity contribution in [1.82, 2.24) is 4.90 Å². The predicted molar refractivity (Wildman–Crippen MR) is 78.1 cm³/mol. The van der Waals surface area contributed by atoms with Gasteiger partial charge in [0.05, 0.1) is 6.61 Å². The van der Waals surface area contributed by atoms with Crippen molar-refractivity contribution in [2.45, 2.75) is 12.5 Å². The van der Waals surface area contributed by atoms with E-state index < -0.39 is 11.6 Å². The molecule has 0 heterocycles. The maximum Gasteiger partial charge on any atom is 0.159 e. The van der Waals surface area contributed by atoms with Crippen molar-refractivity contribution >= 4 is 0 Å². The second-order valence-electron chi connectivity index (χ2n) is 4.80. The highest BCUT2D eigenvalue weighted by Gasteiger charge is 2.20. The van der Waals surface area contributed by atoms with Gasteiger partial charge in [-0.25, -0.2) is 8.78 Å². The minimum atomic E-state index is -0.852. The molecule has 120 valence electrons. The van der Waals surface area contributed by atoms with Crippen molar-refractivity contribution in [3.8, 4) is 0 Å². The van der Waals surface area contributed by atoms with Crippen LogP contribution < -0.4 is 5.73 Å². The molecule has 1 unspecified atom stereocenters. The number of methoxy groups -OCH3 is 2. The van der Waals surface area contributed by atoms with E-state index in [0.29, 0.717) is 31.9 Å². The third-order valence-corrected chi connectivity index (χ3v) is 3.37. The maximum atomic E-state index is 13.4. The molecule has 6 heteroatoms. The van der Waals surface area contributed by atoms with Crippen LogP contribution in [0.2, 0.25) is 0 Å². The quantitative estimate of drug-likeness (QED) is 0.671. The largest absolute Gasteiger partial charge is 0.385 e. The molecule has 0 bridgehead atoms. The van der Waals surface area contributed by atoms with E-state index >= 15 is 0 Å². The lowest BCUT2D eigenvalue weighted by atomic mass is 10.0. The molecule has 0 radical (unpaired) electrons. The van der Waals surface area contributed by atoms with Crippen molar-refractivity contribution in [3.05, 3.63) is 35.4 Å².